The van der Waals surface area contributed by atoms with Crippen LogP contribution in [0, 0.1) is 13.8 Å². The van der Waals surface area contributed by atoms with E-state index in [0.29, 0.717) is 5.17 Å². The lowest BCUT2D eigenvalue weighted by Crippen LogP contribution is -2.19. The Hall–Kier alpha value is -3.19. The molecular weight excluding hydrogens is 374 g/mol. The number of ether oxygens (including phenoxy) is 1. The maximum atomic E-state index is 11.7. The van der Waals surface area contributed by atoms with Crippen LogP contribution in [0.5, 0.6) is 0 Å². The smallest absolute Gasteiger partial charge is 0.331 e. The Bertz CT molecular complexity index is 1010. The van der Waals surface area contributed by atoms with Crippen LogP contribution in [-0.4, -0.2) is 30.4 Å². The first-order valence-corrected chi connectivity index (χ1v) is 9.35. The van der Waals surface area contributed by atoms with Crippen LogP contribution in [-0.2, 0) is 14.3 Å². The summed E-state index contributed by atoms with van der Waals surface area (Å²) in [4.78, 5) is 23.2. The van der Waals surface area contributed by atoms with E-state index in [1.165, 1.54) is 23.8 Å². The molecule has 1 N–H and O–H groups in total. The molecule has 1 fully saturated rings. The van der Waals surface area contributed by atoms with Crippen LogP contribution in [0.15, 0.2) is 63.6 Å². The van der Waals surface area contributed by atoms with Gasteiger partial charge in [-0.25, -0.2) is 4.79 Å². The van der Waals surface area contributed by atoms with Crippen molar-refractivity contribution in [2.45, 2.75) is 13.8 Å². The Balaban J connectivity index is 1.67. The van der Waals surface area contributed by atoms with Crippen LogP contribution < -0.4 is 5.32 Å². The quantitative estimate of drug-likeness (QED) is 0.373. The van der Waals surface area contributed by atoms with Crippen molar-refractivity contribution < 1.29 is 14.3 Å². The Morgan fingerprint density at radius 2 is 1.79 bits per heavy atom. The molecule has 6 nitrogen and oxygen atoms in total. The van der Waals surface area contributed by atoms with E-state index in [4.69, 9.17) is 0 Å². The van der Waals surface area contributed by atoms with Gasteiger partial charge in [-0.1, -0.05) is 42.5 Å². The van der Waals surface area contributed by atoms with Crippen molar-refractivity contribution >= 4 is 35.0 Å². The first kappa shape index (κ1) is 19.6. The van der Waals surface area contributed by atoms with Crippen LogP contribution in [0.3, 0.4) is 0 Å². The van der Waals surface area contributed by atoms with Crippen LogP contribution in [0.1, 0.15) is 16.7 Å². The zero-order valence-electron chi connectivity index (χ0n) is 15.7. The summed E-state index contributed by atoms with van der Waals surface area (Å²) in [6.45, 7) is 4.20. The van der Waals surface area contributed by atoms with E-state index in [2.05, 4.69) is 52.3 Å². The van der Waals surface area contributed by atoms with Crippen molar-refractivity contribution in [2.75, 3.05) is 7.11 Å². The van der Waals surface area contributed by atoms with Crippen LogP contribution in [0.2, 0.25) is 0 Å². The Morgan fingerprint density at radius 1 is 1.07 bits per heavy atom. The maximum absolute atomic E-state index is 11.7. The molecule has 1 amide bonds. The molecule has 0 spiro atoms. The molecule has 1 aliphatic rings. The first-order valence-electron chi connectivity index (χ1n) is 8.54. The molecule has 3 rings (SSSR count). The highest BCUT2D eigenvalue weighted by molar-refractivity contribution is 8.18. The molecular formula is C21H19N3O3S. The number of carbonyl (C=O) groups is 2. The molecule has 142 valence electrons. The summed E-state index contributed by atoms with van der Waals surface area (Å²) in [7, 11) is 1.25. The van der Waals surface area contributed by atoms with Gasteiger partial charge in [-0.15, -0.1) is 5.10 Å². The number of aryl methyl sites for hydroxylation is 2. The third kappa shape index (κ3) is 4.75. The molecule has 0 bridgehead atoms. The lowest BCUT2D eigenvalue weighted by molar-refractivity contribution is -0.135. The molecule has 0 saturated carbocycles. The number of benzene rings is 2. The second kappa shape index (κ2) is 8.67. The summed E-state index contributed by atoms with van der Waals surface area (Å²) in [5.41, 5.74) is 5.71. The number of nitrogens with one attached hydrogen (secondary N) is 1. The SMILES string of the molecule is COC(=O)/C=C1/S/C(=N\N=Cc2ccc(-c3ccc(C)c(C)c3)cc2)NC1=O. The number of nitrogens with zero attached hydrogens (tertiary/aromatic N) is 2. The molecule has 0 aromatic heterocycles. The van der Waals surface area contributed by atoms with E-state index in [0.717, 1.165) is 29.0 Å². The van der Waals surface area contributed by atoms with E-state index in [1.807, 2.05) is 24.3 Å². The minimum atomic E-state index is -0.591. The summed E-state index contributed by atoms with van der Waals surface area (Å²) < 4.78 is 4.51. The first-order chi connectivity index (χ1) is 13.5. The third-order valence-electron chi connectivity index (χ3n) is 4.21. The van der Waals surface area contributed by atoms with Crippen molar-refractivity contribution in [3.05, 3.63) is 70.1 Å². The van der Waals surface area contributed by atoms with E-state index >= 15 is 0 Å². The summed E-state index contributed by atoms with van der Waals surface area (Å²) in [6.07, 6.45) is 2.73. The van der Waals surface area contributed by atoms with Gasteiger partial charge >= 0.3 is 5.97 Å². The number of hydrogen-bond donors (Lipinski definition) is 1. The van der Waals surface area contributed by atoms with E-state index < -0.39 is 11.9 Å². The van der Waals surface area contributed by atoms with Gasteiger partial charge < -0.3 is 4.74 Å². The van der Waals surface area contributed by atoms with Gasteiger partial charge in [-0.05, 0) is 53.4 Å². The topological polar surface area (TPSA) is 80.1 Å². The van der Waals surface area contributed by atoms with Gasteiger partial charge in [0.25, 0.3) is 5.91 Å². The van der Waals surface area contributed by atoms with E-state index in [1.54, 1.807) is 6.21 Å². The van der Waals surface area contributed by atoms with E-state index in [-0.39, 0.29) is 4.91 Å². The van der Waals surface area contributed by atoms with Gasteiger partial charge in [-0.3, -0.25) is 10.1 Å². The largest absolute Gasteiger partial charge is 0.466 e. The molecule has 2 aromatic rings. The molecule has 1 aliphatic heterocycles. The molecule has 0 radical (unpaired) electrons. The average molecular weight is 393 g/mol. The summed E-state index contributed by atoms with van der Waals surface area (Å²) >= 11 is 1.04. The Morgan fingerprint density at radius 3 is 2.46 bits per heavy atom. The van der Waals surface area contributed by atoms with Crippen molar-refractivity contribution in [1.29, 1.82) is 0 Å². The van der Waals surface area contributed by atoms with Crippen molar-refractivity contribution in [3.63, 3.8) is 0 Å². The average Bonchev–Trinajstić information content (AvgIpc) is 3.03. The molecule has 1 saturated heterocycles. The van der Waals surface area contributed by atoms with Gasteiger partial charge in [0.05, 0.1) is 18.2 Å². The minimum Gasteiger partial charge on any atom is -0.466 e. The van der Waals surface area contributed by atoms with Gasteiger partial charge in [0.1, 0.15) is 0 Å². The fourth-order valence-electron chi connectivity index (χ4n) is 2.47. The number of carbonyl (C=O) groups excluding carboxylic acids is 2. The lowest BCUT2D eigenvalue weighted by atomic mass is 10.00. The Labute approximate surface area is 167 Å². The van der Waals surface area contributed by atoms with Crippen molar-refractivity contribution in [2.24, 2.45) is 10.2 Å². The minimum absolute atomic E-state index is 0.221. The molecule has 1 heterocycles. The number of thioether (sulfide) groups is 1. The second-order valence-corrected chi connectivity index (χ2v) is 7.19. The normalized spacial score (nSPS) is 16.8. The number of esters is 1. The standard InChI is InChI=1S/C21H19N3O3S/c1-13-4-7-17(10-14(13)2)16-8-5-15(6-9-16)12-22-24-21-23-20(26)18(28-21)11-19(25)27-3/h4-12H,1-3H3,(H,23,24,26)/b18-11+,22-12?. The predicted molar refractivity (Wildman–Crippen MR) is 112 cm³/mol. The highest BCUT2D eigenvalue weighted by atomic mass is 32.2. The number of methoxy groups -OCH3 is 1. The van der Waals surface area contributed by atoms with Gasteiger partial charge in [-0.2, -0.15) is 5.10 Å². The molecule has 0 aliphatic carbocycles. The lowest BCUT2D eigenvalue weighted by Gasteiger charge is -2.05. The van der Waals surface area contributed by atoms with Crippen LogP contribution >= 0.6 is 11.8 Å². The van der Waals surface area contributed by atoms with Crippen molar-refractivity contribution in [3.8, 4) is 11.1 Å². The molecule has 2 aromatic carbocycles. The number of amides is 1. The second-order valence-electron chi connectivity index (χ2n) is 6.16. The van der Waals surface area contributed by atoms with Gasteiger partial charge in [0.15, 0.2) is 5.17 Å². The molecule has 7 heteroatoms. The third-order valence-corrected chi connectivity index (χ3v) is 5.11. The van der Waals surface area contributed by atoms with Crippen LogP contribution in [0.4, 0.5) is 0 Å². The highest BCUT2D eigenvalue weighted by Crippen LogP contribution is 2.24. The zero-order valence-corrected chi connectivity index (χ0v) is 16.5. The summed E-state index contributed by atoms with van der Waals surface area (Å²) in [5, 5.41) is 10.8. The van der Waals surface area contributed by atoms with Gasteiger partial charge in [0.2, 0.25) is 0 Å². The van der Waals surface area contributed by atoms with Crippen LogP contribution in [0.25, 0.3) is 11.1 Å². The molecule has 28 heavy (non-hydrogen) atoms. The van der Waals surface area contributed by atoms with Crippen molar-refractivity contribution in [1.82, 2.24) is 5.32 Å². The monoisotopic (exact) mass is 393 g/mol. The fraction of sp³-hybridized carbons (Fsp3) is 0.143. The van der Waals surface area contributed by atoms with E-state index in [9.17, 15) is 9.59 Å². The highest BCUT2D eigenvalue weighted by Gasteiger charge is 2.24. The zero-order chi connectivity index (χ0) is 20.1. The summed E-state index contributed by atoms with van der Waals surface area (Å²) in [6, 6.07) is 14.4. The number of rotatable bonds is 4. The number of hydrogen-bond acceptors (Lipinski definition) is 6. The summed E-state index contributed by atoms with van der Waals surface area (Å²) in [5.74, 6) is -0.992. The molecule has 0 unspecified atom stereocenters. The Kier molecular flexibility index (Phi) is 6.06. The fourth-order valence-corrected chi connectivity index (χ4v) is 3.21. The maximum Gasteiger partial charge on any atom is 0.331 e. The predicted octanol–water partition coefficient (Wildman–Crippen LogP) is 3.58. The number of amidine groups is 1. The van der Waals surface area contributed by atoms with Gasteiger partial charge in [0, 0.05) is 6.08 Å². The molecule has 0 atom stereocenters.